The molecule has 0 bridgehead atoms. The van der Waals surface area contributed by atoms with Crippen LogP contribution >= 0.6 is 0 Å². The number of benzene rings is 1. The van der Waals surface area contributed by atoms with Crippen LogP contribution in [0, 0.1) is 22.7 Å². The molecular weight excluding hydrogens is 214 g/mol. The normalized spacial score (nSPS) is 11.5. The first-order chi connectivity index (χ1) is 8.24. The predicted molar refractivity (Wildman–Crippen MR) is 60.7 cm³/mol. The number of rotatable bonds is 2. The number of aliphatic hydroxyl groups excluding tert-OH is 1. The summed E-state index contributed by atoms with van der Waals surface area (Å²) < 4.78 is 0. The van der Waals surface area contributed by atoms with E-state index in [2.05, 4.69) is 4.98 Å². The summed E-state index contributed by atoms with van der Waals surface area (Å²) in [5.41, 5.74) is 2.26. The lowest BCUT2D eigenvalue weighted by atomic mass is 10.0. The molecular formula is C13H9N3O. The first kappa shape index (κ1) is 10.9. The number of hydrogen-bond donors (Lipinski definition) is 2. The Hall–Kier alpha value is -2.56. The number of aromatic nitrogens is 1. The molecule has 1 aromatic heterocycles. The highest BCUT2D eigenvalue weighted by atomic mass is 16.3. The Labute approximate surface area is 98.4 Å². The average Bonchev–Trinajstić information content (AvgIpc) is 2.87. The standard InChI is InChI=1S/C13H9N3O/c14-6-9-1-3-11(4-2-9)13(17)12-5-10(7-15)8-16-12/h1-5,8,13,16-17H. The molecule has 82 valence electrons. The van der Waals surface area contributed by atoms with Crippen molar-refractivity contribution >= 4 is 0 Å². The van der Waals surface area contributed by atoms with Gasteiger partial charge in [-0.05, 0) is 23.8 Å². The van der Waals surface area contributed by atoms with Crippen molar-refractivity contribution in [2.24, 2.45) is 0 Å². The summed E-state index contributed by atoms with van der Waals surface area (Å²) in [5, 5.41) is 27.4. The molecule has 1 unspecified atom stereocenters. The highest BCUT2D eigenvalue weighted by Crippen LogP contribution is 2.21. The van der Waals surface area contributed by atoms with Gasteiger partial charge in [0.2, 0.25) is 0 Å². The minimum absolute atomic E-state index is 0.479. The van der Waals surface area contributed by atoms with E-state index in [0.717, 1.165) is 0 Å². The Morgan fingerprint density at radius 2 is 1.71 bits per heavy atom. The van der Waals surface area contributed by atoms with Gasteiger partial charge in [-0.1, -0.05) is 12.1 Å². The number of aliphatic hydroxyl groups is 1. The van der Waals surface area contributed by atoms with E-state index in [1.807, 2.05) is 12.1 Å². The second kappa shape index (κ2) is 4.52. The van der Waals surface area contributed by atoms with Gasteiger partial charge < -0.3 is 10.1 Å². The number of hydrogen-bond acceptors (Lipinski definition) is 3. The van der Waals surface area contributed by atoms with E-state index in [-0.39, 0.29) is 0 Å². The Balaban J connectivity index is 2.28. The van der Waals surface area contributed by atoms with Gasteiger partial charge in [-0.2, -0.15) is 10.5 Å². The molecule has 1 aromatic carbocycles. The van der Waals surface area contributed by atoms with E-state index in [0.29, 0.717) is 22.4 Å². The van der Waals surface area contributed by atoms with Gasteiger partial charge >= 0.3 is 0 Å². The predicted octanol–water partition coefficient (Wildman–Crippen LogP) is 1.84. The third-order valence-corrected chi connectivity index (χ3v) is 2.48. The summed E-state index contributed by atoms with van der Waals surface area (Å²) in [4.78, 5) is 2.85. The summed E-state index contributed by atoms with van der Waals surface area (Å²) in [6.45, 7) is 0. The van der Waals surface area contributed by atoms with E-state index < -0.39 is 6.10 Å². The molecule has 0 aliphatic heterocycles. The highest BCUT2D eigenvalue weighted by molar-refractivity contribution is 5.37. The lowest BCUT2D eigenvalue weighted by molar-refractivity contribution is 0.216. The van der Waals surface area contributed by atoms with Crippen molar-refractivity contribution in [2.45, 2.75) is 6.10 Å². The Kier molecular flexibility index (Phi) is 2.91. The maximum Gasteiger partial charge on any atom is 0.119 e. The van der Waals surface area contributed by atoms with Gasteiger partial charge in [0, 0.05) is 11.9 Å². The summed E-state index contributed by atoms with van der Waals surface area (Å²) in [6, 6.07) is 12.3. The van der Waals surface area contributed by atoms with Crippen LogP contribution in [-0.4, -0.2) is 10.1 Å². The Morgan fingerprint density at radius 1 is 1.06 bits per heavy atom. The zero-order chi connectivity index (χ0) is 12.3. The zero-order valence-corrected chi connectivity index (χ0v) is 8.88. The van der Waals surface area contributed by atoms with Crippen LogP contribution in [-0.2, 0) is 0 Å². The van der Waals surface area contributed by atoms with Gasteiger partial charge in [-0.3, -0.25) is 0 Å². The summed E-state index contributed by atoms with van der Waals surface area (Å²) >= 11 is 0. The minimum atomic E-state index is -0.815. The fourth-order valence-electron chi connectivity index (χ4n) is 1.55. The van der Waals surface area contributed by atoms with Crippen LogP contribution in [0.2, 0.25) is 0 Å². The Morgan fingerprint density at radius 3 is 2.24 bits per heavy atom. The molecule has 0 saturated heterocycles. The molecule has 1 heterocycles. The summed E-state index contributed by atoms with van der Waals surface area (Å²) in [5.74, 6) is 0. The first-order valence-corrected chi connectivity index (χ1v) is 5.01. The van der Waals surface area contributed by atoms with E-state index in [1.165, 1.54) is 0 Å². The SMILES string of the molecule is N#Cc1ccc(C(O)c2cc(C#N)c[nH]2)cc1. The van der Waals surface area contributed by atoms with Crippen molar-refractivity contribution in [1.29, 1.82) is 10.5 Å². The molecule has 0 amide bonds. The van der Waals surface area contributed by atoms with E-state index in [4.69, 9.17) is 10.5 Å². The molecule has 17 heavy (non-hydrogen) atoms. The molecule has 2 rings (SSSR count). The lowest BCUT2D eigenvalue weighted by Gasteiger charge is -2.08. The minimum Gasteiger partial charge on any atom is -0.382 e. The summed E-state index contributed by atoms with van der Waals surface area (Å²) in [7, 11) is 0. The molecule has 0 aliphatic carbocycles. The van der Waals surface area contributed by atoms with Crippen LogP contribution in [0.5, 0.6) is 0 Å². The largest absolute Gasteiger partial charge is 0.382 e. The van der Waals surface area contributed by atoms with Crippen LogP contribution in [0.15, 0.2) is 36.5 Å². The van der Waals surface area contributed by atoms with Crippen LogP contribution in [0.3, 0.4) is 0 Å². The van der Waals surface area contributed by atoms with E-state index in [1.54, 1.807) is 36.5 Å². The van der Waals surface area contributed by atoms with Crippen LogP contribution < -0.4 is 0 Å². The van der Waals surface area contributed by atoms with Crippen molar-refractivity contribution < 1.29 is 5.11 Å². The van der Waals surface area contributed by atoms with Gasteiger partial charge in [0.05, 0.1) is 17.2 Å². The maximum atomic E-state index is 10.0. The fourth-order valence-corrected chi connectivity index (χ4v) is 1.55. The second-order valence-corrected chi connectivity index (χ2v) is 3.59. The molecule has 2 N–H and O–H groups in total. The van der Waals surface area contributed by atoms with Gasteiger partial charge in [0.1, 0.15) is 12.2 Å². The zero-order valence-electron chi connectivity index (χ0n) is 8.88. The molecule has 4 nitrogen and oxygen atoms in total. The molecule has 0 radical (unpaired) electrons. The quantitative estimate of drug-likeness (QED) is 0.814. The molecule has 0 aliphatic rings. The lowest BCUT2D eigenvalue weighted by Crippen LogP contribution is -1.99. The van der Waals surface area contributed by atoms with Gasteiger partial charge in [0.15, 0.2) is 0 Å². The van der Waals surface area contributed by atoms with Crippen molar-refractivity contribution in [2.75, 3.05) is 0 Å². The maximum absolute atomic E-state index is 10.0. The molecule has 4 heteroatoms. The van der Waals surface area contributed by atoms with Crippen molar-refractivity contribution in [1.82, 2.24) is 4.98 Å². The van der Waals surface area contributed by atoms with Gasteiger partial charge in [0.25, 0.3) is 0 Å². The number of nitriles is 2. The number of H-pyrrole nitrogens is 1. The van der Waals surface area contributed by atoms with Crippen LogP contribution in [0.4, 0.5) is 0 Å². The fraction of sp³-hybridized carbons (Fsp3) is 0.0769. The third-order valence-electron chi connectivity index (χ3n) is 2.48. The smallest absolute Gasteiger partial charge is 0.119 e. The van der Waals surface area contributed by atoms with Crippen LogP contribution in [0.1, 0.15) is 28.5 Å². The molecule has 0 saturated carbocycles. The number of nitrogens with one attached hydrogen (secondary N) is 1. The Bertz CT molecular complexity index is 599. The average molecular weight is 223 g/mol. The highest BCUT2D eigenvalue weighted by Gasteiger charge is 2.12. The number of nitrogens with zero attached hydrogens (tertiary/aromatic N) is 2. The van der Waals surface area contributed by atoms with Crippen molar-refractivity contribution in [3.05, 3.63) is 58.9 Å². The summed E-state index contributed by atoms with van der Waals surface area (Å²) in [6.07, 6.45) is 0.729. The topological polar surface area (TPSA) is 83.6 Å². The van der Waals surface area contributed by atoms with Crippen molar-refractivity contribution in [3.63, 3.8) is 0 Å². The third kappa shape index (κ3) is 2.17. The molecule has 1 atom stereocenters. The molecule has 2 aromatic rings. The number of aromatic amines is 1. The van der Waals surface area contributed by atoms with Crippen molar-refractivity contribution in [3.8, 4) is 12.1 Å². The van der Waals surface area contributed by atoms with Gasteiger partial charge in [-0.15, -0.1) is 0 Å². The monoisotopic (exact) mass is 223 g/mol. The first-order valence-electron chi connectivity index (χ1n) is 5.01. The molecule has 0 fully saturated rings. The second-order valence-electron chi connectivity index (χ2n) is 3.59. The van der Waals surface area contributed by atoms with E-state index >= 15 is 0 Å². The van der Waals surface area contributed by atoms with Crippen LogP contribution in [0.25, 0.3) is 0 Å². The molecule has 0 spiro atoms. The van der Waals surface area contributed by atoms with E-state index in [9.17, 15) is 5.11 Å². The van der Waals surface area contributed by atoms with Gasteiger partial charge in [-0.25, -0.2) is 0 Å².